The molecule has 0 atom stereocenters. The third-order valence-corrected chi connectivity index (χ3v) is 5.75. The van der Waals surface area contributed by atoms with Crippen LogP contribution in [0.3, 0.4) is 0 Å². The smallest absolute Gasteiger partial charge is 0.129 e. The number of hydrogen-bond acceptors (Lipinski definition) is 4. The number of aryl methyl sites for hydroxylation is 2. The Kier molecular flexibility index (Phi) is 4.12. The van der Waals surface area contributed by atoms with Gasteiger partial charge in [0.2, 0.25) is 0 Å². The van der Waals surface area contributed by atoms with E-state index in [-0.39, 0.29) is 0 Å². The minimum absolute atomic E-state index is 0.957. The Morgan fingerprint density at radius 1 is 0.607 bits per heavy atom. The number of nitrogens with zero attached hydrogens (tertiary/aromatic N) is 4. The summed E-state index contributed by atoms with van der Waals surface area (Å²) in [6.45, 7) is 8.17. The van der Waals surface area contributed by atoms with Crippen LogP contribution < -0.4 is 9.80 Å². The van der Waals surface area contributed by atoms with E-state index in [4.69, 9.17) is 9.97 Å². The summed E-state index contributed by atoms with van der Waals surface area (Å²) in [4.78, 5) is 14.6. The van der Waals surface area contributed by atoms with Crippen LogP contribution in [0.2, 0.25) is 0 Å². The van der Waals surface area contributed by atoms with Crippen molar-refractivity contribution >= 4 is 33.4 Å². The highest BCUT2D eigenvalue weighted by molar-refractivity contribution is 5.84. The van der Waals surface area contributed by atoms with E-state index in [1.165, 1.54) is 21.9 Å². The lowest BCUT2D eigenvalue weighted by Gasteiger charge is -2.36. The predicted molar refractivity (Wildman–Crippen MR) is 117 cm³/mol. The zero-order valence-corrected chi connectivity index (χ0v) is 16.4. The van der Waals surface area contributed by atoms with Crippen LogP contribution in [0, 0.1) is 13.8 Å². The molecule has 2 aromatic carbocycles. The van der Waals surface area contributed by atoms with Crippen LogP contribution in [0.25, 0.3) is 21.8 Å². The number of pyridine rings is 2. The first-order valence-corrected chi connectivity index (χ1v) is 9.92. The maximum atomic E-state index is 4.90. The highest BCUT2D eigenvalue weighted by atomic mass is 15.3. The summed E-state index contributed by atoms with van der Waals surface area (Å²) >= 11 is 0. The molecular formula is C24H24N4. The van der Waals surface area contributed by atoms with Gasteiger partial charge in [-0.1, -0.05) is 36.4 Å². The molecule has 0 amide bonds. The molecule has 1 fully saturated rings. The fraction of sp³-hybridized carbons (Fsp3) is 0.250. The standard InChI is InChI=1S/C24H24N4/c1-17-15-23(25-21-9-5-3-7-19(17)21)27-11-13-28(14-12-27)24-16-18(2)20-8-4-6-10-22(20)26-24/h3-10,15-16H,11-14H2,1-2H3. The van der Waals surface area contributed by atoms with E-state index in [0.29, 0.717) is 0 Å². The maximum absolute atomic E-state index is 4.90. The van der Waals surface area contributed by atoms with Crippen LogP contribution in [-0.2, 0) is 0 Å². The molecular weight excluding hydrogens is 344 g/mol. The lowest BCUT2D eigenvalue weighted by Crippen LogP contribution is -2.47. The van der Waals surface area contributed by atoms with Crippen molar-refractivity contribution in [3.8, 4) is 0 Å². The van der Waals surface area contributed by atoms with E-state index in [0.717, 1.165) is 48.8 Å². The monoisotopic (exact) mass is 368 g/mol. The van der Waals surface area contributed by atoms with Gasteiger partial charge in [-0.2, -0.15) is 0 Å². The van der Waals surface area contributed by atoms with Gasteiger partial charge >= 0.3 is 0 Å². The van der Waals surface area contributed by atoms with Crippen molar-refractivity contribution in [2.45, 2.75) is 13.8 Å². The number of rotatable bonds is 2. The second-order valence-electron chi connectivity index (χ2n) is 7.60. The summed E-state index contributed by atoms with van der Waals surface area (Å²) in [5, 5.41) is 2.47. The predicted octanol–water partition coefficient (Wildman–Crippen LogP) is 4.73. The molecule has 0 spiro atoms. The van der Waals surface area contributed by atoms with E-state index in [2.05, 4.69) is 84.3 Å². The first-order valence-electron chi connectivity index (χ1n) is 9.92. The number of aromatic nitrogens is 2. The summed E-state index contributed by atoms with van der Waals surface area (Å²) in [6, 6.07) is 21.2. The van der Waals surface area contributed by atoms with Gasteiger partial charge in [0, 0.05) is 37.0 Å². The summed E-state index contributed by atoms with van der Waals surface area (Å²) in [5.41, 5.74) is 4.73. The largest absolute Gasteiger partial charge is 0.353 e. The Morgan fingerprint density at radius 3 is 1.43 bits per heavy atom. The van der Waals surface area contributed by atoms with Crippen LogP contribution >= 0.6 is 0 Å². The summed E-state index contributed by atoms with van der Waals surface area (Å²) in [6.07, 6.45) is 0. The molecule has 1 aliphatic rings. The van der Waals surface area contributed by atoms with Crippen molar-refractivity contribution in [1.82, 2.24) is 9.97 Å². The second-order valence-corrected chi connectivity index (χ2v) is 7.60. The summed E-state index contributed by atoms with van der Waals surface area (Å²) < 4.78 is 0. The van der Waals surface area contributed by atoms with Crippen LogP contribution in [0.4, 0.5) is 11.6 Å². The number of anilines is 2. The lowest BCUT2D eigenvalue weighted by atomic mass is 10.1. The highest BCUT2D eigenvalue weighted by Gasteiger charge is 2.20. The van der Waals surface area contributed by atoms with Gasteiger partial charge in [-0.25, -0.2) is 9.97 Å². The fourth-order valence-corrected chi connectivity index (χ4v) is 4.15. The molecule has 0 unspecified atom stereocenters. The number of piperazine rings is 1. The Morgan fingerprint density at radius 2 is 1.00 bits per heavy atom. The molecule has 2 aromatic heterocycles. The SMILES string of the molecule is Cc1cc(N2CCN(c3cc(C)c4ccccc4n3)CC2)nc2ccccc12. The molecule has 1 saturated heterocycles. The van der Waals surface area contributed by atoms with E-state index >= 15 is 0 Å². The van der Waals surface area contributed by atoms with E-state index in [1.807, 2.05) is 0 Å². The van der Waals surface area contributed by atoms with Crippen molar-refractivity contribution in [3.05, 3.63) is 71.8 Å². The fourth-order valence-electron chi connectivity index (χ4n) is 4.15. The van der Waals surface area contributed by atoms with Crippen LogP contribution in [0.5, 0.6) is 0 Å². The summed E-state index contributed by atoms with van der Waals surface area (Å²) in [7, 11) is 0. The molecule has 28 heavy (non-hydrogen) atoms. The molecule has 140 valence electrons. The Labute approximate surface area is 165 Å². The third-order valence-electron chi connectivity index (χ3n) is 5.75. The molecule has 4 aromatic rings. The molecule has 0 saturated carbocycles. The zero-order chi connectivity index (χ0) is 19.1. The van der Waals surface area contributed by atoms with Gasteiger partial charge < -0.3 is 9.80 Å². The van der Waals surface area contributed by atoms with Crippen molar-refractivity contribution in [1.29, 1.82) is 0 Å². The molecule has 4 nitrogen and oxygen atoms in total. The Hall–Kier alpha value is -3.14. The minimum atomic E-state index is 0.957. The molecule has 0 radical (unpaired) electrons. The molecule has 0 N–H and O–H groups in total. The van der Waals surface area contributed by atoms with Gasteiger partial charge in [-0.3, -0.25) is 0 Å². The Bertz CT molecular complexity index is 1070. The molecule has 4 heteroatoms. The molecule has 3 heterocycles. The van der Waals surface area contributed by atoms with Gasteiger partial charge in [0.1, 0.15) is 11.6 Å². The number of benzene rings is 2. The topological polar surface area (TPSA) is 32.3 Å². The average Bonchev–Trinajstić information content (AvgIpc) is 2.74. The molecule has 5 rings (SSSR count). The first kappa shape index (κ1) is 17.0. The van der Waals surface area contributed by atoms with E-state index in [1.54, 1.807) is 0 Å². The molecule has 0 bridgehead atoms. The highest BCUT2D eigenvalue weighted by Crippen LogP contribution is 2.26. The normalized spacial score (nSPS) is 14.8. The van der Waals surface area contributed by atoms with Crippen molar-refractivity contribution in [3.63, 3.8) is 0 Å². The van der Waals surface area contributed by atoms with E-state index in [9.17, 15) is 0 Å². The summed E-state index contributed by atoms with van der Waals surface area (Å²) in [5.74, 6) is 2.16. The Balaban J connectivity index is 1.38. The minimum Gasteiger partial charge on any atom is -0.353 e. The van der Waals surface area contributed by atoms with Crippen LogP contribution in [-0.4, -0.2) is 36.1 Å². The number of fused-ring (bicyclic) bond motifs is 2. The number of para-hydroxylation sites is 2. The lowest BCUT2D eigenvalue weighted by molar-refractivity contribution is 0.643. The molecule has 1 aliphatic heterocycles. The van der Waals surface area contributed by atoms with E-state index < -0.39 is 0 Å². The van der Waals surface area contributed by atoms with Crippen molar-refractivity contribution < 1.29 is 0 Å². The zero-order valence-electron chi connectivity index (χ0n) is 16.4. The van der Waals surface area contributed by atoms with Gasteiger partial charge in [0.25, 0.3) is 0 Å². The maximum Gasteiger partial charge on any atom is 0.129 e. The second kappa shape index (κ2) is 6.79. The van der Waals surface area contributed by atoms with Crippen LogP contribution in [0.1, 0.15) is 11.1 Å². The van der Waals surface area contributed by atoms with Crippen molar-refractivity contribution in [2.24, 2.45) is 0 Å². The van der Waals surface area contributed by atoms with Crippen LogP contribution in [0.15, 0.2) is 60.7 Å². The van der Waals surface area contributed by atoms with Gasteiger partial charge in [0.15, 0.2) is 0 Å². The van der Waals surface area contributed by atoms with Gasteiger partial charge in [-0.15, -0.1) is 0 Å². The number of hydrogen-bond donors (Lipinski definition) is 0. The quantitative estimate of drug-likeness (QED) is 0.512. The average molecular weight is 368 g/mol. The molecule has 0 aliphatic carbocycles. The van der Waals surface area contributed by atoms with Gasteiger partial charge in [0.05, 0.1) is 11.0 Å². The third kappa shape index (κ3) is 2.95. The van der Waals surface area contributed by atoms with Crippen molar-refractivity contribution in [2.75, 3.05) is 36.0 Å². The first-order chi connectivity index (χ1) is 13.7. The van der Waals surface area contributed by atoms with Gasteiger partial charge in [-0.05, 0) is 49.2 Å².